The van der Waals surface area contributed by atoms with Crippen molar-refractivity contribution < 1.29 is 10.0 Å². The Hall–Kier alpha value is -1.95. The lowest BCUT2D eigenvalue weighted by atomic mass is 9.91. The summed E-state index contributed by atoms with van der Waals surface area (Å²) in [4.78, 5) is 12.1. The van der Waals surface area contributed by atoms with Gasteiger partial charge in [-0.3, -0.25) is 0 Å². The van der Waals surface area contributed by atoms with Crippen LogP contribution in [-0.4, -0.2) is 22.6 Å². The zero-order chi connectivity index (χ0) is 16.0. The number of benzene rings is 1. The molecule has 5 N–H and O–H groups in total. The number of nitrogens with two attached hydrogens (primary N) is 1. The van der Waals surface area contributed by atoms with Crippen molar-refractivity contribution in [3.8, 4) is 0 Å². The zero-order valence-electron chi connectivity index (χ0n) is 12.4. The number of anilines is 1. The minimum Gasteiger partial charge on any atom is -0.409 e. The first-order valence-electron chi connectivity index (χ1n) is 6.71. The molecule has 0 heterocycles. The fourth-order valence-electron chi connectivity index (χ4n) is 2.00. The van der Waals surface area contributed by atoms with Crippen LogP contribution in [0.3, 0.4) is 0 Å². The van der Waals surface area contributed by atoms with Crippen molar-refractivity contribution in [2.75, 3.05) is 5.32 Å². The molecule has 0 aliphatic carbocycles. The van der Waals surface area contributed by atoms with E-state index in [2.05, 4.69) is 15.8 Å². The highest BCUT2D eigenvalue weighted by atomic mass is 35.5. The summed E-state index contributed by atoms with van der Waals surface area (Å²) < 4.78 is 0. The van der Waals surface area contributed by atoms with Gasteiger partial charge in [0, 0.05) is 10.7 Å². The number of rotatable bonds is 5. The Kier molecular flexibility index (Phi) is 5.84. The molecule has 1 aromatic rings. The third kappa shape index (κ3) is 4.01. The van der Waals surface area contributed by atoms with Gasteiger partial charge >= 0.3 is 6.03 Å². The minimum absolute atomic E-state index is 0.0235. The maximum Gasteiger partial charge on any atom is 0.320 e. The van der Waals surface area contributed by atoms with Crippen LogP contribution in [0.5, 0.6) is 0 Å². The van der Waals surface area contributed by atoms with E-state index in [1.165, 1.54) is 0 Å². The number of hydrogen-bond donors (Lipinski definition) is 4. The summed E-state index contributed by atoms with van der Waals surface area (Å²) >= 11 is 6.01. The highest BCUT2D eigenvalue weighted by Crippen LogP contribution is 2.20. The van der Waals surface area contributed by atoms with Gasteiger partial charge in [0.25, 0.3) is 0 Å². The molecule has 2 amide bonds. The smallest absolute Gasteiger partial charge is 0.320 e. The average Bonchev–Trinajstić information content (AvgIpc) is 2.47. The first-order valence-corrected chi connectivity index (χ1v) is 7.09. The van der Waals surface area contributed by atoms with Gasteiger partial charge in [0.05, 0.1) is 0 Å². The van der Waals surface area contributed by atoms with Crippen molar-refractivity contribution in [1.82, 2.24) is 5.32 Å². The first kappa shape index (κ1) is 17.1. The van der Waals surface area contributed by atoms with Crippen molar-refractivity contribution in [2.45, 2.75) is 39.2 Å². The van der Waals surface area contributed by atoms with Gasteiger partial charge in [-0.1, -0.05) is 36.7 Å². The molecular weight excluding hydrogens is 292 g/mol. The number of carbonyl (C=O) groups excluding carboxylic acids is 1. The number of oxime groups is 1. The van der Waals surface area contributed by atoms with Gasteiger partial charge in [-0.15, -0.1) is 0 Å². The lowest BCUT2D eigenvalue weighted by Gasteiger charge is -2.31. The molecule has 21 heavy (non-hydrogen) atoms. The van der Waals surface area contributed by atoms with Crippen LogP contribution in [0.1, 0.15) is 32.3 Å². The van der Waals surface area contributed by atoms with Crippen LogP contribution < -0.4 is 16.4 Å². The summed E-state index contributed by atoms with van der Waals surface area (Å²) in [6, 6.07) is 4.79. The number of hydrogen-bond acceptors (Lipinski definition) is 3. The monoisotopic (exact) mass is 312 g/mol. The Morgan fingerprint density at radius 1 is 1.43 bits per heavy atom. The number of nitrogens with one attached hydrogen (secondary N) is 2. The molecule has 0 aromatic heterocycles. The number of nitrogens with zero attached hydrogens (tertiary/aromatic N) is 1. The average molecular weight is 313 g/mol. The number of halogens is 1. The van der Waals surface area contributed by atoms with Crippen molar-refractivity contribution >= 4 is 29.2 Å². The van der Waals surface area contributed by atoms with Crippen molar-refractivity contribution in [3.05, 3.63) is 28.8 Å². The molecule has 0 fully saturated rings. The second kappa shape index (κ2) is 7.17. The Bertz CT molecular complexity index is 542. The SMILES string of the molecule is CCC(CC)(NC(=O)Nc1ccc(C)c(Cl)c1)/C(N)=N/O. The molecule has 0 aliphatic rings. The van der Waals surface area contributed by atoms with Crippen LogP contribution >= 0.6 is 11.6 Å². The second-order valence-electron chi connectivity index (χ2n) is 4.82. The quantitative estimate of drug-likeness (QED) is 0.291. The zero-order valence-corrected chi connectivity index (χ0v) is 13.2. The topological polar surface area (TPSA) is 99.7 Å². The number of urea groups is 1. The number of carbonyl (C=O) groups is 1. The number of amidine groups is 1. The predicted molar refractivity (Wildman–Crippen MR) is 85.1 cm³/mol. The van der Waals surface area contributed by atoms with Gasteiger partial charge in [-0.05, 0) is 37.5 Å². The number of aryl methyl sites for hydroxylation is 1. The maximum absolute atomic E-state index is 12.1. The van der Waals surface area contributed by atoms with E-state index >= 15 is 0 Å². The molecule has 116 valence electrons. The summed E-state index contributed by atoms with van der Waals surface area (Å²) in [6.45, 7) is 5.58. The lowest BCUT2D eigenvalue weighted by molar-refractivity contribution is 0.241. The van der Waals surface area contributed by atoms with Gasteiger partial charge in [0.2, 0.25) is 0 Å². The van der Waals surface area contributed by atoms with E-state index in [9.17, 15) is 4.79 Å². The highest BCUT2D eigenvalue weighted by molar-refractivity contribution is 6.31. The van der Waals surface area contributed by atoms with Crippen LogP contribution in [0.4, 0.5) is 10.5 Å². The summed E-state index contributed by atoms with van der Waals surface area (Å²) in [5.41, 5.74) is 6.31. The van der Waals surface area contributed by atoms with E-state index in [0.717, 1.165) is 5.56 Å². The van der Waals surface area contributed by atoms with Crippen LogP contribution in [-0.2, 0) is 0 Å². The predicted octanol–water partition coefficient (Wildman–Crippen LogP) is 3.08. The van der Waals surface area contributed by atoms with E-state index in [-0.39, 0.29) is 5.84 Å². The van der Waals surface area contributed by atoms with Crippen LogP contribution in [0, 0.1) is 6.92 Å². The molecule has 0 spiro atoms. The molecule has 0 bridgehead atoms. The second-order valence-corrected chi connectivity index (χ2v) is 5.22. The van der Waals surface area contributed by atoms with Crippen LogP contribution in [0.25, 0.3) is 0 Å². The molecule has 1 aromatic carbocycles. The van der Waals surface area contributed by atoms with E-state index in [1.54, 1.807) is 12.1 Å². The third-order valence-electron chi connectivity index (χ3n) is 3.59. The maximum atomic E-state index is 12.1. The molecule has 0 atom stereocenters. The Morgan fingerprint density at radius 3 is 2.52 bits per heavy atom. The van der Waals surface area contributed by atoms with E-state index < -0.39 is 11.6 Å². The van der Waals surface area contributed by atoms with Crippen LogP contribution in [0.15, 0.2) is 23.4 Å². The molecular formula is C14H21ClN4O2. The van der Waals surface area contributed by atoms with Gasteiger partial charge < -0.3 is 21.6 Å². The van der Waals surface area contributed by atoms with Gasteiger partial charge in [-0.25, -0.2) is 4.79 Å². The van der Waals surface area contributed by atoms with Crippen LogP contribution in [0.2, 0.25) is 5.02 Å². The summed E-state index contributed by atoms with van der Waals surface area (Å²) in [5, 5.41) is 17.9. The Balaban J connectivity index is 2.86. The Labute approximate surface area is 129 Å². The first-order chi connectivity index (χ1) is 9.88. The van der Waals surface area contributed by atoms with Gasteiger partial charge in [0.1, 0.15) is 5.54 Å². The van der Waals surface area contributed by atoms with Gasteiger partial charge in [-0.2, -0.15) is 0 Å². The molecule has 0 radical (unpaired) electrons. The molecule has 0 saturated carbocycles. The van der Waals surface area contributed by atoms with Crippen molar-refractivity contribution in [2.24, 2.45) is 10.9 Å². The summed E-state index contributed by atoms with van der Waals surface area (Å²) in [7, 11) is 0. The molecule has 0 aliphatic heterocycles. The summed E-state index contributed by atoms with van der Waals surface area (Å²) in [5.74, 6) is -0.0235. The van der Waals surface area contributed by atoms with Crippen molar-refractivity contribution in [1.29, 1.82) is 0 Å². The molecule has 7 heteroatoms. The van der Waals surface area contributed by atoms with E-state index in [0.29, 0.717) is 23.6 Å². The van der Waals surface area contributed by atoms with E-state index in [1.807, 2.05) is 26.8 Å². The minimum atomic E-state index is -0.882. The molecule has 0 saturated heterocycles. The molecule has 6 nitrogen and oxygen atoms in total. The normalized spacial score (nSPS) is 12.1. The van der Waals surface area contributed by atoms with Crippen molar-refractivity contribution in [3.63, 3.8) is 0 Å². The third-order valence-corrected chi connectivity index (χ3v) is 3.99. The largest absolute Gasteiger partial charge is 0.409 e. The van der Waals surface area contributed by atoms with Gasteiger partial charge in [0.15, 0.2) is 5.84 Å². The fourth-order valence-corrected chi connectivity index (χ4v) is 2.18. The summed E-state index contributed by atoms with van der Waals surface area (Å²) in [6.07, 6.45) is 1.00. The molecule has 1 rings (SSSR count). The lowest BCUT2D eigenvalue weighted by Crippen LogP contribution is -2.57. The number of amides is 2. The fraction of sp³-hybridized carbons (Fsp3) is 0.429. The standard InChI is InChI=1S/C14H21ClN4O2/c1-4-14(5-2,12(16)19-21)18-13(20)17-10-7-6-9(3)11(15)8-10/h6-8,21H,4-5H2,1-3H3,(H2,16,19)(H2,17,18,20). The highest BCUT2D eigenvalue weighted by Gasteiger charge is 2.33. The molecule has 0 unspecified atom stereocenters. The van der Waals surface area contributed by atoms with E-state index in [4.69, 9.17) is 22.5 Å². The Morgan fingerprint density at radius 2 is 2.05 bits per heavy atom.